The fourth-order valence-electron chi connectivity index (χ4n) is 2.36. The highest BCUT2D eigenvalue weighted by atomic mass is 35.5. The fraction of sp³-hybridized carbons (Fsp3) is 0.533. The van der Waals surface area contributed by atoms with Gasteiger partial charge in [0.1, 0.15) is 0 Å². The molecular weight excluding hydrogens is 246 g/mol. The predicted molar refractivity (Wildman–Crippen MR) is 74.8 cm³/mol. The van der Waals surface area contributed by atoms with Crippen molar-refractivity contribution in [2.75, 3.05) is 5.88 Å². The van der Waals surface area contributed by atoms with Crippen molar-refractivity contribution in [2.45, 2.75) is 38.1 Å². The van der Waals surface area contributed by atoms with Gasteiger partial charge in [-0.25, -0.2) is 0 Å². The van der Waals surface area contributed by atoms with Gasteiger partial charge in [-0.2, -0.15) is 0 Å². The Balaban J connectivity index is 1.79. The topological polar surface area (TPSA) is 29.1 Å². The number of carbonyl (C=O) groups excluding carboxylic acids is 1. The third-order valence-corrected chi connectivity index (χ3v) is 3.78. The summed E-state index contributed by atoms with van der Waals surface area (Å²) in [5, 5.41) is 3.08. The summed E-state index contributed by atoms with van der Waals surface area (Å²) in [5.74, 6) is 1.46. The lowest BCUT2D eigenvalue weighted by Gasteiger charge is -2.13. The second kappa shape index (κ2) is 6.24. The Morgan fingerprint density at radius 3 is 2.83 bits per heavy atom. The largest absolute Gasteiger partial charge is 0.353 e. The highest BCUT2D eigenvalue weighted by Gasteiger charge is 2.43. The number of rotatable bonds is 6. The minimum Gasteiger partial charge on any atom is -0.353 e. The number of benzene rings is 1. The van der Waals surface area contributed by atoms with Crippen molar-refractivity contribution in [2.24, 2.45) is 5.92 Å². The fourth-order valence-corrected chi connectivity index (χ4v) is 2.51. The molecule has 1 saturated carbocycles. The van der Waals surface area contributed by atoms with E-state index in [1.165, 1.54) is 5.56 Å². The summed E-state index contributed by atoms with van der Waals surface area (Å²) in [5.41, 5.74) is 1.28. The van der Waals surface area contributed by atoms with E-state index in [2.05, 4.69) is 17.4 Å². The first-order valence-corrected chi connectivity index (χ1v) is 7.17. The van der Waals surface area contributed by atoms with Crippen molar-refractivity contribution in [3.05, 3.63) is 35.9 Å². The Hall–Kier alpha value is -1.02. The molecule has 0 heterocycles. The van der Waals surface area contributed by atoms with Gasteiger partial charge >= 0.3 is 0 Å². The van der Waals surface area contributed by atoms with Crippen LogP contribution in [0.2, 0.25) is 0 Å². The summed E-state index contributed by atoms with van der Waals surface area (Å²) in [6, 6.07) is 10.5. The average Bonchev–Trinajstić information content (AvgIpc) is 3.17. The minimum absolute atomic E-state index is 0.172. The minimum atomic E-state index is 0.172. The number of halogens is 1. The van der Waals surface area contributed by atoms with Crippen LogP contribution in [0.5, 0.6) is 0 Å². The van der Waals surface area contributed by atoms with Gasteiger partial charge in [0.2, 0.25) is 5.91 Å². The van der Waals surface area contributed by atoms with Crippen LogP contribution >= 0.6 is 11.6 Å². The van der Waals surface area contributed by atoms with E-state index in [-0.39, 0.29) is 17.9 Å². The first-order valence-electron chi connectivity index (χ1n) is 6.63. The third-order valence-electron chi connectivity index (χ3n) is 3.51. The lowest BCUT2D eigenvalue weighted by molar-refractivity contribution is -0.123. The number of nitrogens with one attached hydrogen (secondary N) is 1. The second-order valence-electron chi connectivity index (χ2n) is 5.10. The van der Waals surface area contributed by atoms with Crippen LogP contribution in [0, 0.1) is 5.92 Å². The Labute approximate surface area is 114 Å². The maximum Gasteiger partial charge on any atom is 0.223 e. The number of carbonyl (C=O) groups is 1. The van der Waals surface area contributed by atoms with Crippen LogP contribution in [0.15, 0.2) is 30.3 Å². The lowest BCUT2D eigenvalue weighted by Crippen LogP contribution is -2.34. The molecule has 1 aromatic carbocycles. The Morgan fingerprint density at radius 2 is 2.17 bits per heavy atom. The highest BCUT2D eigenvalue weighted by molar-refractivity contribution is 6.17. The predicted octanol–water partition coefficient (Wildman–Crippen LogP) is 3.31. The van der Waals surface area contributed by atoms with Crippen molar-refractivity contribution in [1.82, 2.24) is 5.32 Å². The molecule has 3 heteroatoms. The molecule has 0 aromatic heterocycles. The summed E-state index contributed by atoms with van der Waals surface area (Å²) in [4.78, 5) is 12.0. The molecule has 3 atom stereocenters. The summed E-state index contributed by atoms with van der Waals surface area (Å²) in [7, 11) is 0. The van der Waals surface area contributed by atoms with Crippen LogP contribution in [-0.2, 0) is 4.79 Å². The number of amides is 1. The van der Waals surface area contributed by atoms with Crippen LogP contribution in [0.3, 0.4) is 0 Å². The zero-order chi connectivity index (χ0) is 13.0. The molecule has 1 aromatic rings. The van der Waals surface area contributed by atoms with Crippen molar-refractivity contribution in [3.8, 4) is 0 Å². The third kappa shape index (κ3) is 3.49. The van der Waals surface area contributed by atoms with Crippen LogP contribution in [0.1, 0.15) is 37.7 Å². The van der Waals surface area contributed by atoms with Crippen LogP contribution < -0.4 is 5.32 Å². The maximum atomic E-state index is 12.0. The Bertz CT molecular complexity index is 393. The molecule has 1 fully saturated rings. The van der Waals surface area contributed by atoms with Gasteiger partial charge in [0.15, 0.2) is 0 Å². The van der Waals surface area contributed by atoms with E-state index < -0.39 is 0 Å². The Morgan fingerprint density at radius 1 is 1.44 bits per heavy atom. The van der Waals surface area contributed by atoms with E-state index in [9.17, 15) is 4.79 Å². The molecule has 2 rings (SSSR count). The van der Waals surface area contributed by atoms with E-state index in [1.54, 1.807) is 0 Å². The molecule has 1 amide bonds. The van der Waals surface area contributed by atoms with E-state index >= 15 is 0 Å². The molecule has 98 valence electrons. The first-order chi connectivity index (χ1) is 8.72. The van der Waals surface area contributed by atoms with Gasteiger partial charge < -0.3 is 5.32 Å². The lowest BCUT2D eigenvalue weighted by atomic mass is 10.1. The van der Waals surface area contributed by atoms with E-state index in [1.807, 2.05) is 25.1 Å². The molecule has 1 aliphatic rings. The molecule has 0 saturated heterocycles. The Kier molecular flexibility index (Phi) is 4.65. The molecule has 0 spiro atoms. The van der Waals surface area contributed by atoms with Crippen LogP contribution in [0.4, 0.5) is 0 Å². The first kappa shape index (κ1) is 13.4. The highest BCUT2D eigenvalue weighted by Crippen LogP contribution is 2.47. The van der Waals surface area contributed by atoms with Crippen molar-refractivity contribution in [3.63, 3.8) is 0 Å². The zero-order valence-corrected chi connectivity index (χ0v) is 11.5. The zero-order valence-electron chi connectivity index (χ0n) is 10.7. The molecule has 1 aliphatic carbocycles. The summed E-state index contributed by atoms with van der Waals surface area (Å²) < 4.78 is 0. The van der Waals surface area contributed by atoms with Gasteiger partial charge in [0.25, 0.3) is 0 Å². The number of alkyl halides is 1. The van der Waals surface area contributed by atoms with Crippen molar-refractivity contribution in [1.29, 1.82) is 0 Å². The summed E-state index contributed by atoms with van der Waals surface area (Å²) in [6.45, 7) is 2.05. The molecule has 2 nitrogen and oxygen atoms in total. The van der Waals surface area contributed by atoms with Gasteiger partial charge in [0.05, 0.1) is 0 Å². The maximum absolute atomic E-state index is 12.0. The van der Waals surface area contributed by atoms with Crippen molar-refractivity contribution < 1.29 is 4.79 Å². The van der Waals surface area contributed by atoms with Crippen LogP contribution in [-0.4, -0.2) is 17.8 Å². The van der Waals surface area contributed by atoms with E-state index in [0.717, 1.165) is 19.3 Å². The normalized spacial score (nSPS) is 23.4. The SMILES string of the molecule is CC(CCCCl)NC(=O)C1CC1c1ccccc1. The molecule has 1 N–H and O–H groups in total. The molecule has 0 radical (unpaired) electrons. The summed E-state index contributed by atoms with van der Waals surface area (Å²) in [6.07, 6.45) is 2.89. The average molecular weight is 266 g/mol. The molecular formula is C15H20ClNO. The molecule has 0 bridgehead atoms. The standard InChI is InChI=1S/C15H20ClNO/c1-11(6-5-9-16)17-15(18)14-10-13(14)12-7-3-2-4-8-12/h2-4,7-8,11,13-14H,5-6,9-10H2,1H3,(H,17,18). The number of hydrogen-bond acceptors (Lipinski definition) is 1. The van der Waals surface area contributed by atoms with E-state index in [4.69, 9.17) is 11.6 Å². The molecule has 3 unspecified atom stereocenters. The number of hydrogen-bond donors (Lipinski definition) is 1. The summed E-state index contributed by atoms with van der Waals surface area (Å²) >= 11 is 5.65. The van der Waals surface area contributed by atoms with Gasteiger partial charge in [-0.15, -0.1) is 11.6 Å². The van der Waals surface area contributed by atoms with Crippen molar-refractivity contribution >= 4 is 17.5 Å². The molecule has 18 heavy (non-hydrogen) atoms. The molecule has 0 aliphatic heterocycles. The van der Waals surface area contributed by atoms with Crippen LogP contribution in [0.25, 0.3) is 0 Å². The quantitative estimate of drug-likeness (QED) is 0.786. The second-order valence-corrected chi connectivity index (χ2v) is 5.48. The van der Waals surface area contributed by atoms with Gasteiger partial charge in [-0.05, 0) is 37.7 Å². The van der Waals surface area contributed by atoms with E-state index in [0.29, 0.717) is 11.8 Å². The van der Waals surface area contributed by atoms with Gasteiger partial charge in [-0.1, -0.05) is 30.3 Å². The van der Waals surface area contributed by atoms with Gasteiger partial charge in [-0.3, -0.25) is 4.79 Å². The van der Waals surface area contributed by atoms with Gasteiger partial charge in [0, 0.05) is 17.8 Å². The smallest absolute Gasteiger partial charge is 0.223 e. The monoisotopic (exact) mass is 265 g/mol.